The predicted octanol–water partition coefficient (Wildman–Crippen LogP) is 3.12. The third-order valence-corrected chi connectivity index (χ3v) is 2.45. The SMILES string of the molecule is CC(C)(C)c1ccc(F)nc1I. The van der Waals surface area contributed by atoms with Gasteiger partial charge in [-0.1, -0.05) is 26.8 Å². The fraction of sp³-hybridized carbons (Fsp3) is 0.444. The van der Waals surface area contributed by atoms with Gasteiger partial charge in [-0.3, -0.25) is 0 Å². The maximum atomic E-state index is 12.6. The van der Waals surface area contributed by atoms with E-state index < -0.39 is 5.95 Å². The van der Waals surface area contributed by atoms with Crippen molar-refractivity contribution in [3.05, 3.63) is 27.3 Å². The molecule has 0 saturated carbocycles. The summed E-state index contributed by atoms with van der Waals surface area (Å²) in [4.78, 5) is 3.76. The van der Waals surface area contributed by atoms with Crippen molar-refractivity contribution < 1.29 is 4.39 Å². The summed E-state index contributed by atoms with van der Waals surface area (Å²) in [5.74, 6) is -0.410. The maximum absolute atomic E-state index is 12.6. The molecule has 0 spiro atoms. The largest absolute Gasteiger partial charge is 0.213 e. The van der Waals surface area contributed by atoms with Gasteiger partial charge in [0, 0.05) is 0 Å². The zero-order chi connectivity index (χ0) is 9.35. The molecule has 66 valence electrons. The van der Waals surface area contributed by atoms with Crippen LogP contribution < -0.4 is 0 Å². The normalized spacial score (nSPS) is 11.8. The van der Waals surface area contributed by atoms with E-state index in [0.717, 1.165) is 9.26 Å². The molecule has 3 heteroatoms. The standard InChI is InChI=1S/C9H11FIN/c1-9(2,3)6-4-5-7(10)12-8(6)11/h4-5H,1-3H3. The highest BCUT2D eigenvalue weighted by Gasteiger charge is 2.17. The summed E-state index contributed by atoms with van der Waals surface area (Å²) in [6, 6.07) is 3.20. The molecule has 0 amide bonds. The van der Waals surface area contributed by atoms with E-state index in [1.165, 1.54) is 6.07 Å². The third-order valence-electron chi connectivity index (χ3n) is 1.62. The Morgan fingerprint density at radius 1 is 1.33 bits per heavy atom. The molecule has 1 rings (SSSR count). The van der Waals surface area contributed by atoms with Crippen LogP contribution in [0.4, 0.5) is 4.39 Å². The van der Waals surface area contributed by atoms with Crippen molar-refractivity contribution >= 4 is 22.6 Å². The molecule has 0 aliphatic rings. The molecule has 0 saturated heterocycles. The van der Waals surface area contributed by atoms with Crippen LogP contribution in [0.5, 0.6) is 0 Å². The van der Waals surface area contributed by atoms with Crippen LogP contribution in [0, 0.1) is 9.65 Å². The summed E-state index contributed by atoms with van der Waals surface area (Å²) >= 11 is 2.06. The van der Waals surface area contributed by atoms with Crippen LogP contribution in [0.2, 0.25) is 0 Å². The van der Waals surface area contributed by atoms with Gasteiger partial charge in [0.15, 0.2) is 0 Å². The molecule has 0 aliphatic carbocycles. The Morgan fingerprint density at radius 3 is 2.33 bits per heavy atom. The van der Waals surface area contributed by atoms with E-state index >= 15 is 0 Å². The Morgan fingerprint density at radius 2 is 1.92 bits per heavy atom. The predicted molar refractivity (Wildman–Crippen MR) is 55.6 cm³/mol. The van der Waals surface area contributed by atoms with Crippen LogP contribution in [-0.2, 0) is 5.41 Å². The Kier molecular flexibility index (Phi) is 2.70. The van der Waals surface area contributed by atoms with Gasteiger partial charge in [-0.05, 0) is 39.6 Å². The molecule has 0 aliphatic heterocycles. The summed E-state index contributed by atoms with van der Waals surface area (Å²) < 4.78 is 13.4. The highest BCUT2D eigenvalue weighted by atomic mass is 127. The highest BCUT2D eigenvalue weighted by molar-refractivity contribution is 14.1. The van der Waals surface area contributed by atoms with E-state index in [0.29, 0.717) is 0 Å². The first-order chi connectivity index (χ1) is 5.41. The van der Waals surface area contributed by atoms with Gasteiger partial charge in [0.25, 0.3) is 0 Å². The smallest absolute Gasteiger partial charge is 0.213 e. The third kappa shape index (κ3) is 2.15. The van der Waals surface area contributed by atoms with Gasteiger partial charge in [-0.2, -0.15) is 4.39 Å². The molecule has 0 atom stereocenters. The molecule has 1 heterocycles. The van der Waals surface area contributed by atoms with Gasteiger partial charge in [0.2, 0.25) is 5.95 Å². The summed E-state index contributed by atoms with van der Waals surface area (Å²) in [6.07, 6.45) is 0. The van der Waals surface area contributed by atoms with Gasteiger partial charge in [0.1, 0.15) is 3.70 Å². The Bertz CT molecular complexity index is 291. The molecule has 0 bridgehead atoms. The quantitative estimate of drug-likeness (QED) is 0.525. The summed E-state index contributed by atoms with van der Waals surface area (Å²) in [5, 5.41) is 0. The molecule has 0 radical (unpaired) electrons. The van der Waals surface area contributed by atoms with E-state index in [1.54, 1.807) is 6.07 Å². The van der Waals surface area contributed by atoms with Gasteiger partial charge in [-0.25, -0.2) is 4.98 Å². The zero-order valence-corrected chi connectivity index (χ0v) is 9.52. The van der Waals surface area contributed by atoms with E-state index in [1.807, 2.05) is 0 Å². The number of rotatable bonds is 0. The molecule has 0 unspecified atom stereocenters. The van der Waals surface area contributed by atoms with E-state index in [2.05, 4.69) is 48.3 Å². The van der Waals surface area contributed by atoms with Crippen molar-refractivity contribution in [2.45, 2.75) is 26.2 Å². The fourth-order valence-electron chi connectivity index (χ4n) is 0.972. The lowest BCUT2D eigenvalue weighted by Crippen LogP contribution is -2.14. The average molecular weight is 279 g/mol. The summed E-state index contributed by atoms with van der Waals surface area (Å²) in [6.45, 7) is 6.26. The van der Waals surface area contributed by atoms with Crippen molar-refractivity contribution in [1.29, 1.82) is 0 Å². The lowest BCUT2D eigenvalue weighted by Gasteiger charge is -2.19. The van der Waals surface area contributed by atoms with Crippen molar-refractivity contribution in [3.8, 4) is 0 Å². The highest BCUT2D eigenvalue weighted by Crippen LogP contribution is 2.25. The Labute approximate surface area is 85.5 Å². The number of hydrogen-bond acceptors (Lipinski definition) is 1. The van der Waals surface area contributed by atoms with Crippen LogP contribution >= 0.6 is 22.6 Å². The Balaban J connectivity index is 3.19. The Hall–Kier alpha value is -0.190. The fourth-order valence-corrected chi connectivity index (χ4v) is 2.19. The molecule has 12 heavy (non-hydrogen) atoms. The zero-order valence-electron chi connectivity index (χ0n) is 7.36. The summed E-state index contributed by atoms with van der Waals surface area (Å²) in [7, 11) is 0. The van der Waals surface area contributed by atoms with E-state index in [-0.39, 0.29) is 5.41 Å². The van der Waals surface area contributed by atoms with Gasteiger partial charge >= 0.3 is 0 Å². The van der Waals surface area contributed by atoms with Crippen LogP contribution in [0.15, 0.2) is 12.1 Å². The van der Waals surface area contributed by atoms with Crippen molar-refractivity contribution in [2.24, 2.45) is 0 Å². The second kappa shape index (κ2) is 3.28. The second-order valence-corrected chi connectivity index (χ2v) is 4.74. The van der Waals surface area contributed by atoms with E-state index in [9.17, 15) is 4.39 Å². The first kappa shape index (κ1) is 9.89. The molecule has 0 aromatic carbocycles. The average Bonchev–Trinajstić information content (AvgIpc) is 1.83. The van der Waals surface area contributed by atoms with Crippen LogP contribution in [0.25, 0.3) is 0 Å². The molecule has 0 N–H and O–H groups in total. The van der Waals surface area contributed by atoms with Crippen molar-refractivity contribution in [1.82, 2.24) is 4.98 Å². The minimum absolute atomic E-state index is 0.0389. The van der Waals surface area contributed by atoms with Gasteiger partial charge in [-0.15, -0.1) is 0 Å². The first-order valence-corrected chi connectivity index (χ1v) is 4.81. The molecular formula is C9H11FIN. The molecular weight excluding hydrogens is 268 g/mol. The maximum Gasteiger partial charge on any atom is 0.213 e. The van der Waals surface area contributed by atoms with Gasteiger partial charge < -0.3 is 0 Å². The number of aromatic nitrogens is 1. The second-order valence-electron chi connectivity index (χ2n) is 3.72. The number of pyridine rings is 1. The number of hydrogen-bond donors (Lipinski definition) is 0. The number of nitrogens with zero attached hydrogens (tertiary/aromatic N) is 1. The molecule has 0 fully saturated rings. The molecule has 1 aromatic heterocycles. The first-order valence-electron chi connectivity index (χ1n) is 3.74. The van der Waals surface area contributed by atoms with Crippen LogP contribution in [0.1, 0.15) is 26.3 Å². The minimum Gasteiger partial charge on any atom is -0.213 e. The monoisotopic (exact) mass is 279 g/mol. The lowest BCUT2D eigenvalue weighted by molar-refractivity contribution is 0.552. The van der Waals surface area contributed by atoms with Crippen molar-refractivity contribution in [2.75, 3.05) is 0 Å². The van der Waals surface area contributed by atoms with Crippen LogP contribution in [-0.4, -0.2) is 4.98 Å². The minimum atomic E-state index is -0.410. The van der Waals surface area contributed by atoms with Gasteiger partial charge in [0.05, 0.1) is 0 Å². The van der Waals surface area contributed by atoms with Crippen molar-refractivity contribution in [3.63, 3.8) is 0 Å². The topological polar surface area (TPSA) is 12.9 Å². The number of halogens is 2. The van der Waals surface area contributed by atoms with Crippen LogP contribution in [0.3, 0.4) is 0 Å². The van der Waals surface area contributed by atoms with E-state index in [4.69, 9.17) is 0 Å². The summed E-state index contributed by atoms with van der Waals surface area (Å²) in [5.41, 5.74) is 1.13. The molecule has 1 aromatic rings. The lowest BCUT2D eigenvalue weighted by atomic mass is 9.88. The molecule has 1 nitrogen and oxygen atoms in total.